The Balaban J connectivity index is 1.44. The van der Waals surface area contributed by atoms with Crippen LogP contribution in [0.5, 0.6) is 0 Å². The molecule has 0 bridgehead atoms. The normalized spacial score (nSPS) is 10.8. The average Bonchev–Trinajstić information content (AvgIpc) is 3.43. The highest BCUT2D eigenvalue weighted by molar-refractivity contribution is 6.30. The lowest BCUT2D eigenvalue weighted by atomic mass is 10.0. The Morgan fingerprint density at radius 3 is 2.30 bits per heavy atom. The molecule has 0 amide bonds. The van der Waals surface area contributed by atoms with Crippen LogP contribution in [0.25, 0.3) is 17.1 Å². The number of carboxylic acids is 1. The van der Waals surface area contributed by atoms with Crippen molar-refractivity contribution in [2.24, 2.45) is 0 Å². The number of ketones is 1. The van der Waals surface area contributed by atoms with Gasteiger partial charge in [-0.1, -0.05) is 41.9 Å². The summed E-state index contributed by atoms with van der Waals surface area (Å²) in [6.07, 6.45) is 4.91. The number of carboxylic acid groups (broad SMARTS) is 1. The molecule has 0 unspecified atom stereocenters. The molecule has 0 aliphatic heterocycles. The van der Waals surface area contributed by atoms with Crippen molar-refractivity contribution in [2.45, 2.75) is 0 Å². The number of carbonyl (C=O) groups excluding carboxylic acids is 1. The summed E-state index contributed by atoms with van der Waals surface area (Å²) in [5, 5.41) is 10.6. The molecule has 5 aromatic rings. The molecule has 0 radical (unpaired) electrons. The molecule has 0 aliphatic rings. The van der Waals surface area contributed by atoms with E-state index in [9.17, 15) is 14.7 Å². The molecule has 182 valence electrons. The van der Waals surface area contributed by atoms with Gasteiger partial charge in [0, 0.05) is 41.3 Å². The monoisotopic (exact) mass is 508 g/mol. The first kappa shape index (κ1) is 24.0. The fourth-order valence-electron chi connectivity index (χ4n) is 4.04. The molecule has 2 heterocycles. The van der Waals surface area contributed by atoms with E-state index in [2.05, 4.69) is 9.97 Å². The van der Waals surface area contributed by atoms with Gasteiger partial charge in [0.1, 0.15) is 11.5 Å². The van der Waals surface area contributed by atoms with Crippen LogP contribution in [0.15, 0.2) is 104 Å². The van der Waals surface area contributed by atoms with Gasteiger partial charge in [0.05, 0.1) is 23.1 Å². The molecule has 0 spiro atoms. The van der Waals surface area contributed by atoms with Crippen molar-refractivity contribution in [3.8, 4) is 17.1 Å². The summed E-state index contributed by atoms with van der Waals surface area (Å²) in [4.78, 5) is 36.0. The first-order valence-corrected chi connectivity index (χ1v) is 11.8. The standard InChI is InChI=1S/C29H21ClN4O3/c1-33(22-10-8-21(30)9-11-22)23-12-13-25(32-18-23)27(35)20-7-14-26(24(17-20)29(36)37)34-16-15-31-28(34)19-5-3-2-4-6-19/h2-18H,1H3,(H,36,37). The van der Waals surface area contributed by atoms with E-state index in [1.165, 1.54) is 6.07 Å². The van der Waals surface area contributed by atoms with Gasteiger partial charge in [0.25, 0.3) is 0 Å². The molecule has 0 saturated heterocycles. The summed E-state index contributed by atoms with van der Waals surface area (Å²) in [5.74, 6) is -0.918. The quantitative estimate of drug-likeness (QED) is 0.260. The summed E-state index contributed by atoms with van der Waals surface area (Å²) in [6.45, 7) is 0. The Morgan fingerprint density at radius 1 is 0.892 bits per heavy atom. The zero-order valence-corrected chi connectivity index (χ0v) is 20.5. The van der Waals surface area contributed by atoms with E-state index in [1.807, 2.05) is 54.4 Å². The number of hydrogen-bond acceptors (Lipinski definition) is 5. The lowest BCUT2D eigenvalue weighted by Gasteiger charge is -2.19. The summed E-state index contributed by atoms with van der Waals surface area (Å²) >= 11 is 5.97. The third-order valence-corrected chi connectivity index (χ3v) is 6.26. The molecular formula is C29H21ClN4O3. The van der Waals surface area contributed by atoms with E-state index in [-0.39, 0.29) is 22.6 Å². The minimum atomic E-state index is -1.15. The zero-order valence-electron chi connectivity index (χ0n) is 19.7. The number of benzene rings is 3. The highest BCUT2D eigenvalue weighted by Crippen LogP contribution is 2.27. The van der Waals surface area contributed by atoms with Gasteiger partial charge in [-0.15, -0.1) is 0 Å². The lowest BCUT2D eigenvalue weighted by molar-refractivity contribution is 0.0697. The number of carbonyl (C=O) groups is 2. The van der Waals surface area contributed by atoms with Gasteiger partial charge < -0.3 is 10.0 Å². The predicted octanol–water partition coefficient (Wildman–Crippen LogP) is 6.28. The predicted molar refractivity (Wildman–Crippen MR) is 143 cm³/mol. The van der Waals surface area contributed by atoms with E-state index in [1.54, 1.807) is 59.6 Å². The number of aromatic carboxylic acids is 1. The second-order valence-electron chi connectivity index (χ2n) is 8.29. The fourth-order valence-corrected chi connectivity index (χ4v) is 4.16. The molecule has 7 nitrogen and oxygen atoms in total. The van der Waals surface area contributed by atoms with E-state index >= 15 is 0 Å². The molecule has 8 heteroatoms. The maximum absolute atomic E-state index is 13.2. The number of pyridine rings is 1. The number of anilines is 2. The summed E-state index contributed by atoms with van der Waals surface area (Å²) in [6, 6.07) is 24.9. The molecule has 0 saturated carbocycles. The van der Waals surface area contributed by atoms with Gasteiger partial charge in [-0.05, 0) is 54.6 Å². The highest BCUT2D eigenvalue weighted by Gasteiger charge is 2.20. The minimum absolute atomic E-state index is 0.0138. The molecule has 37 heavy (non-hydrogen) atoms. The van der Waals surface area contributed by atoms with E-state index in [0.717, 1.165) is 16.9 Å². The number of nitrogens with zero attached hydrogens (tertiary/aromatic N) is 4. The summed E-state index contributed by atoms with van der Waals surface area (Å²) < 4.78 is 1.70. The Morgan fingerprint density at radius 2 is 1.62 bits per heavy atom. The van der Waals surface area contributed by atoms with Crippen molar-refractivity contribution in [3.63, 3.8) is 0 Å². The van der Waals surface area contributed by atoms with Crippen molar-refractivity contribution in [3.05, 3.63) is 125 Å². The molecule has 1 N–H and O–H groups in total. The van der Waals surface area contributed by atoms with Crippen LogP contribution in [-0.2, 0) is 0 Å². The van der Waals surface area contributed by atoms with Crippen molar-refractivity contribution in [1.82, 2.24) is 14.5 Å². The van der Waals surface area contributed by atoms with Gasteiger partial charge in [0.15, 0.2) is 0 Å². The van der Waals surface area contributed by atoms with Gasteiger partial charge in [-0.25, -0.2) is 9.78 Å². The van der Waals surface area contributed by atoms with Crippen LogP contribution in [0.2, 0.25) is 5.02 Å². The van der Waals surface area contributed by atoms with Crippen LogP contribution in [0.4, 0.5) is 11.4 Å². The average molecular weight is 509 g/mol. The third-order valence-electron chi connectivity index (χ3n) is 6.00. The van der Waals surface area contributed by atoms with Crippen LogP contribution in [0, 0.1) is 0 Å². The second-order valence-corrected chi connectivity index (χ2v) is 8.73. The van der Waals surface area contributed by atoms with Crippen molar-refractivity contribution >= 4 is 34.7 Å². The lowest BCUT2D eigenvalue weighted by Crippen LogP contribution is -2.12. The number of aromatic nitrogens is 3. The Hall–Kier alpha value is -4.75. The maximum Gasteiger partial charge on any atom is 0.337 e. The van der Waals surface area contributed by atoms with Crippen LogP contribution in [-0.4, -0.2) is 38.4 Å². The molecule has 0 fully saturated rings. The SMILES string of the molecule is CN(c1ccc(Cl)cc1)c1ccc(C(=O)c2ccc(-n3ccnc3-c3ccccc3)c(C(=O)O)c2)nc1. The smallest absolute Gasteiger partial charge is 0.337 e. The summed E-state index contributed by atoms with van der Waals surface area (Å²) in [7, 11) is 1.89. The second kappa shape index (κ2) is 10.1. The minimum Gasteiger partial charge on any atom is -0.478 e. The van der Waals surface area contributed by atoms with Crippen LogP contribution in [0.1, 0.15) is 26.4 Å². The Bertz CT molecular complexity index is 1580. The van der Waals surface area contributed by atoms with Crippen molar-refractivity contribution < 1.29 is 14.7 Å². The van der Waals surface area contributed by atoms with E-state index < -0.39 is 5.97 Å². The first-order chi connectivity index (χ1) is 17.9. The fraction of sp³-hybridized carbons (Fsp3) is 0.0345. The van der Waals surface area contributed by atoms with Crippen molar-refractivity contribution in [1.29, 1.82) is 0 Å². The molecular weight excluding hydrogens is 488 g/mol. The number of halogens is 1. The highest BCUT2D eigenvalue weighted by atomic mass is 35.5. The zero-order chi connectivity index (χ0) is 25.9. The van der Waals surface area contributed by atoms with E-state index in [4.69, 9.17) is 11.6 Å². The van der Waals surface area contributed by atoms with Gasteiger partial charge in [-0.2, -0.15) is 0 Å². The molecule has 2 aromatic heterocycles. The summed E-state index contributed by atoms with van der Waals surface area (Å²) in [5.41, 5.74) is 3.39. The van der Waals surface area contributed by atoms with Gasteiger partial charge >= 0.3 is 5.97 Å². The Kier molecular flexibility index (Phi) is 6.53. The van der Waals surface area contributed by atoms with Crippen LogP contribution in [0.3, 0.4) is 0 Å². The number of rotatable bonds is 7. The topological polar surface area (TPSA) is 88.3 Å². The van der Waals surface area contributed by atoms with Gasteiger partial charge in [0.2, 0.25) is 5.78 Å². The van der Waals surface area contributed by atoms with Crippen LogP contribution < -0.4 is 4.90 Å². The molecule has 5 rings (SSSR count). The number of hydrogen-bond donors (Lipinski definition) is 1. The van der Waals surface area contributed by atoms with Gasteiger partial charge in [-0.3, -0.25) is 14.3 Å². The molecule has 0 aliphatic carbocycles. The maximum atomic E-state index is 13.2. The van der Waals surface area contributed by atoms with Crippen LogP contribution >= 0.6 is 11.6 Å². The largest absolute Gasteiger partial charge is 0.478 e. The Labute approximate surface area is 218 Å². The van der Waals surface area contributed by atoms with E-state index in [0.29, 0.717) is 16.5 Å². The third kappa shape index (κ3) is 4.85. The number of imidazole rings is 1. The van der Waals surface area contributed by atoms with Crippen molar-refractivity contribution in [2.75, 3.05) is 11.9 Å². The first-order valence-electron chi connectivity index (χ1n) is 11.4. The molecule has 0 atom stereocenters. The molecule has 3 aromatic carbocycles.